The van der Waals surface area contributed by atoms with E-state index in [1.54, 1.807) is 19.9 Å². The fraction of sp³-hybridized carbons (Fsp3) is 0.500. The van der Waals surface area contributed by atoms with E-state index in [1.807, 2.05) is 13.8 Å². The minimum Gasteiger partial charge on any atom is -0.438 e. The number of ether oxygens (including phenoxy) is 1. The molecule has 1 aromatic carbocycles. The number of benzene rings is 1. The van der Waals surface area contributed by atoms with Crippen molar-refractivity contribution in [1.82, 2.24) is 9.88 Å². The van der Waals surface area contributed by atoms with Crippen molar-refractivity contribution in [3.8, 4) is 0 Å². The molecule has 5 nitrogen and oxygen atoms in total. The molecule has 2 N–H and O–H groups in total. The van der Waals surface area contributed by atoms with Gasteiger partial charge in [0, 0.05) is 23.1 Å². The predicted octanol–water partition coefficient (Wildman–Crippen LogP) is 3.49. The van der Waals surface area contributed by atoms with Crippen LogP contribution in [0.4, 0.5) is 9.18 Å². The van der Waals surface area contributed by atoms with Crippen LogP contribution in [0.5, 0.6) is 0 Å². The molecule has 0 aliphatic carbocycles. The van der Waals surface area contributed by atoms with Crippen LogP contribution in [0, 0.1) is 12.7 Å². The second-order valence-electron chi connectivity index (χ2n) is 6.79. The number of hydrogen-bond donors (Lipinski definition) is 2. The van der Waals surface area contributed by atoms with Crippen molar-refractivity contribution in [3.63, 3.8) is 0 Å². The van der Waals surface area contributed by atoms with E-state index in [-0.39, 0.29) is 5.82 Å². The zero-order valence-electron chi connectivity index (χ0n) is 14.4. The number of fused-ring (bicyclic) bond motifs is 1. The maximum absolute atomic E-state index is 13.6. The second kappa shape index (κ2) is 5.48. The maximum Gasteiger partial charge on any atom is 0.412 e. The monoisotopic (exact) mass is 334 g/mol. The molecule has 3 rings (SSSR count). The number of carbonyl (C=O) groups excluding carboxylic acids is 1. The Morgan fingerprint density at radius 1 is 1.38 bits per heavy atom. The lowest BCUT2D eigenvalue weighted by Gasteiger charge is -2.36. The summed E-state index contributed by atoms with van der Waals surface area (Å²) >= 11 is 0. The van der Waals surface area contributed by atoms with Crippen molar-refractivity contribution in [3.05, 3.63) is 35.3 Å². The lowest BCUT2D eigenvalue weighted by atomic mass is 9.90. The molecule has 2 atom stereocenters. The summed E-state index contributed by atoms with van der Waals surface area (Å²) in [5.74, 6) is -0.297. The summed E-state index contributed by atoms with van der Waals surface area (Å²) in [4.78, 5) is 16.8. The molecule has 0 unspecified atom stereocenters. The zero-order valence-corrected chi connectivity index (χ0v) is 14.4. The maximum atomic E-state index is 13.6. The SMILES string of the molecule is CC[C@]1(C)OC(=O)N(CCc2c(C)[nH]c3ccc(F)cc23)[C@]1(C)O. The van der Waals surface area contributed by atoms with Crippen molar-refractivity contribution in [2.24, 2.45) is 0 Å². The number of aryl methyl sites for hydroxylation is 1. The number of cyclic esters (lactones) is 1. The van der Waals surface area contributed by atoms with E-state index in [1.165, 1.54) is 17.0 Å². The van der Waals surface area contributed by atoms with Crippen LogP contribution < -0.4 is 0 Å². The molecule has 24 heavy (non-hydrogen) atoms. The Kier molecular flexibility index (Phi) is 3.83. The standard InChI is InChI=1S/C18H23FN2O3/c1-5-17(3)18(4,23)21(16(22)24-17)9-8-13-11(2)20-15-7-6-12(19)10-14(13)15/h6-7,10,20,23H,5,8-9H2,1-4H3/t17-,18+/m0/s1. The Bertz CT molecular complexity index is 799. The molecular weight excluding hydrogens is 311 g/mol. The molecule has 1 amide bonds. The number of H-pyrrole nitrogens is 1. The van der Waals surface area contributed by atoms with E-state index in [2.05, 4.69) is 4.98 Å². The lowest BCUT2D eigenvalue weighted by Crippen LogP contribution is -2.55. The van der Waals surface area contributed by atoms with Crippen LogP contribution in [-0.4, -0.2) is 39.0 Å². The zero-order chi connectivity index (χ0) is 17.7. The molecule has 130 valence electrons. The number of rotatable bonds is 4. The smallest absolute Gasteiger partial charge is 0.412 e. The molecule has 0 radical (unpaired) electrons. The topological polar surface area (TPSA) is 65.6 Å². The van der Waals surface area contributed by atoms with Gasteiger partial charge in [0.2, 0.25) is 0 Å². The van der Waals surface area contributed by atoms with Gasteiger partial charge < -0.3 is 14.8 Å². The Labute approximate surface area is 140 Å². The highest BCUT2D eigenvalue weighted by Gasteiger charge is 2.58. The van der Waals surface area contributed by atoms with Crippen LogP contribution in [0.25, 0.3) is 10.9 Å². The van der Waals surface area contributed by atoms with Crippen LogP contribution in [0.3, 0.4) is 0 Å². The molecule has 6 heteroatoms. The number of amides is 1. The Morgan fingerprint density at radius 3 is 2.71 bits per heavy atom. The van der Waals surface area contributed by atoms with Gasteiger partial charge in [-0.05, 0) is 57.4 Å². The van der Waals surface area contributed by atoms with Gasteiger partial charge in [0.15, 0.2) is 11.3 Å². The van der Waals surface area contributed by atoms with Crippen molar-refractivity contribution in [2.75, 3.05) is 6.54 Å². The highest BCUT2D eigenvalue weighted by atomic mass is 19.1. The molecule has 1 saturated heterocycles. The number of aromatic nitrogens is 1. The van der Waals surface area contributed by atoms with Gasteiger partial charge in [-0.3, -0.25) is 4.90 Å². The average molecular weight is 334 g/mol. The van der Waals surface area contributed by atoms with Gasteiger partial charge in [-0.2, -0.15) is 0 Å². The van der Waals surface area contributed by atoms with Gasteiger partial charge >= 0.3 is 6.09 Å². The van der Waals surface area contributed by atoms with Crippen LogP contribution in [-0.2, 0) is 11.2 Å². The first kappa shape index (κ1) is 16.8. The Morgan fingerprint density at radius 2 is 2.08 bits per heavy atom. The van der Waals surface area contributed by atoms with Crippen LogP contribution in [0.15, 0.2) is 18.2 Å². The van der Waals surface area contributed by atoms with Gasteiger partial charge in [-0.1, -0.05) is 6.92 Å². The minimum atomic E-state index is -1.38. The Balaban J connectivity index is 1.88. The molecule has 1 fully saturated rings. The third kappa shape index (κ3) is 2.36. The number of hydrogen-bond acceptors (Lipinski definition) is 3. The van der Waals surface area contributed by atoms with Crippen molar-refractivity contribution in [2.45, 2.75) is 51.9 Å². The van der Waals surface area contributed by atoms with Gasteiger partial charge in [0.1, 0.15) is 5.82 Å². The first-order valence-corrected chi connectivity index (χ1v) is 8.19. The third-order valence-electron chi connectivity index (χ3n) is 5.40. The fourth-order valence-electron chi connectivity index (χ4n) is 3.42. The summed E-state index contributed by atoms with van der Waals surface area (Å²) in [6.07, 6.45) is 0.493. The summed E-state index contributed by atoms with van der Waals surface area (Å²) in [5, 5.41) is 11.6. The molecule has 0 spiro atoms. The van der Waals surface area contributed by atoms with Crippen molar-refractivity contribution < 1.29 is 19.0 Å². The highest BCUT2D eigenvalue weighted by molar-refractivity contribution is 5.84. The molecule has 0 saturated carbocycles. The summed E-state index contributed by atoms with van der Waals surface area (Å²) in [6.45, 7) is 7.42. The number of nitrogens with zero attached hydrogens (tertiary/aromatic N) is 1. The van der Waals surface area contributed by atoms with E-state index >= 15 is 0 Å². The fourth-order valence-corrected chi connectivity index (χ4v) is 3.42. The Hall–Kier alpha value is -2.08. The number of nitrogens with one attached hydrogen (secondary N) is 1. The molecule has 0 bridgehead atoms. The van der Waals surface area contributed by atoms with Crippen LogP contribution in [0.1, 0.15) is 38.4 Å². The van der Waals surface area contributed by atoms with Crippen molar-refractivity contribution in [1.29, 1.82) is 0 Å². The summed E-state index contributed by atoms with van der Waals surface area (Å²) < 4.78 is 19.0. The van der Waals surface area contributed by atoms with E-state index in [4.69, 9.17) is 4.74 Å². The molecule has 1 aliphatic rings. The number of halogens is 1. The summed E-state index contributed by atoms with van der Waals surface area (Å²) in [6, 6.07) is 4.61. The van der Waals surface area contributed by atoms with Gasteiger partial charge in [0.25, 0.3) is 0 Å². The first-order chi connectivity index (χ1) is 11.2. The number of aromatic amines is 1. The predicted molar refractivity (Wildman–Crippen MR) is 89.2 cm³/mol. The quantitative estimate of drug-likeness (QED) is 0.899. The van der Waals surface area contributed by atoms with Gasteiger partial charge in [-0.15, -0.1) is 0 Å². The number of carbonyl (C=O) groups is 1. The van der Waals surface area contributed by atoms with E-state index in [0.29, 0.717) is 19.4 Å². The average Bonchev–Trinajstić information content (AvgIpc) is 2.90. The normalized spacial score (nSPS) is 27.1. The van der Waals surface area contributed by atoms with Crippen LogP contribution in [0.2, 0.25) is 0 Å². The lowest BCUT2D eigenvalue weighted by molar-refractivity contribution is -0.137. The van der Waals surface area contributed by atoms with Gasteiger partial charge in [0.05, 0.1) is 0 Å². The summed E-state index contributed by atoms with van der Waals surface area (Å²) in [7, 11) is 0. The molecule has 2 aromatic rings. The largest absolute Gasteiger partial charge is 0.438 e. The second-order valence-corrected chi connectivity index (χ2v) is 6.79. The third-order valence-corrected chi connectivity index (χ3v) is 5.40. The molecule has 1 aromatic heterocycles. The molecule has 1 aliphatic heterocycles. The van der Waals surface area contributed by atoms with E-state index in [9.17, 15) is 14.3 Å². The van der Waals surface area contributed by atoms with Gasteiger partial charge in [-0.25, -0.2) is 9.18 Å². The summed E-state index contributed by atoms with van der Waals surface area (Å²) in [5.41, 5.74) is 0.410. The molecule has 2 heterocycles. The first-order valence-electron chi connectivity index (χ1n) is 8.19. The number of aliphatic hydroxyl groups is 1. The van der Waals surface area contributed by atoms with Crippen molar-refractivity contribution >= 4 is 17.0 Å². The van der Waals surface area contributed by atoms with E-state index < -0.39 is 17.4 Å². The highest BCUT2D eigenvalue weighted by Crippen LogP contribution is 2.39. The minimum absolute atomic E-state index is 0.297. The molecular formula is C18H23FN2O3. The van der Waals surface area contributed by atoms with Crippen LogP contribution >= 0.6 is 0 Å². The van der Waals surface area contributed by atoms with E-state index in [0.717, 1.165) is 22.2 Å².